The highest BCUT2D eigenvalue weighted by atomic mass is 127. The van der Waals surface area contributed by atoms with E-state index in [0.29, 0.717) is 38.6 Å². The molecule has 1 unspecified atom stereocenters. The van der Waals surface area contributed by atoms with Crippen LogP contribution >= 0.6 is 22.6 Å². The topological polar surface area (TPSA) is 220 Å². The minimum atomic E-state index is -1.40. The van der Waals surface area contributed by atoms with Crippen LogP contribution in [0.3, 0.4) is 0 Å². The van der Waals surface area contributed by atoms with E-state index in [9.17, 15) is 38.3 Å². The van der Waals surface area contributed by atoms with E-state index in [0.717, 1.165) is 9.13 Å². The van der Waals surface area contributed by atoms with Crippen molar-refractivity contribution in [1.82, 2.24) is 26.6 Å². The van der Waals surface area contributed by atoms with Crippen molar-refractivity contribution in [2.45, 2.75) is 63.5 Å². The first-order valence-electron chi connectivity index (χ1n) is 17.3. The van der Waals surface area contributed by atoms with Gasteiger partial charge in [0.25, 0.3) is 0 Å². The van der Waals surface area contributed by atoms with Crippen molar-refractivity contribution in [2.75, 3.05) is 79.5 Å². The molecule has 0 fully saturated rings. The minimum Gasteiger partial charge on any atom is -0.480 e. The number of carbonyl (C=O) groups excluding carboxylic acids is 5. The number of likely N-dealkylation sites (N-methyl/N-ethyl adjacent to an activating group) is 1. The molecule has 4 amide bonds. The van der Waals surface area contributed by atoms with Crippen LogP contribution in [0, 0.1) is 3.57 Å². The Labute approximate surface area is 317 Å². The first kappa shape index (κ1) is 46.7. The second-order valence-corrected chi connectivity index (χ2v) is 12.7. The van der Waals surface area contributed by atoms with Crippen molar-refractivity contribution in [1.29, 1.82) is 0 Å². The molecule has 0 aromatic heterocycles. The van der Waals surface area contributed by atoms with E-state index in [1.807, 2.05) is 24.3 Å². The van der Waals surface area contributed by atoms with Crippen molar-refractivity contribution in [3.8, 4) is 0 Å². The second-order valence-electron chi connectivity index (χ2n) is 11.5. The number of aliphatic carboxylic acids is 1. The number of unbranched alkanes of at least 4 members (excludes halogenated alkanes) is 1. The van der Waals surface area contributed by atoms with Crippen LogP contribution in [0.4, 0.5) is 4.39 Å². The predicted octanol–water partition coefficient (Wildman–Crippen LogP) is 0.633. The summed E-state index contributed by atoms with van der Waals surface area (Å²) >= 11 is 2.22. The van der Waals surface area contributed by atoms with Crippen LogP contribution in [0.5, 0.6) is 0 Å². The Kier molecular flexibility index (Phi) is 27.1. The third-order valence-corrected chi connectivity index (χ3v) is 8.01. The molecule has 0 saturated carbocycles. The summed E-state index contributed by atoms with van der Waals surface area (Å²) in [7, 11) is 1.51. The fraction of sp³-hybridized carbons (Fsp3) is 0.647. The molecule has 294 valence electrons. The molecule has 1 rings (SSSR count). The minimum absolute atomic E-state index is 0.0425. The maximum Gasteiger partial charge on any atom is 0.326 e. The van der Waals surface area contributed by atoms with Gasteiger partial charge < -0.3 is 50.6 Å². The smallest absolute Gasteiger partial charge is 0.326 e. The van der Waals surface area contributed by atoms with Gasteiger partial charge in [-0.2, -0.15) is 4.39 Å². The van der Waals surface area contributed by atoms with E-state index in [2.05, 4.69) is 49.2 Å². The molecule has 52 heavy (non-hydrogen) atoms. The normalized spacial score (nSPS) is 12.1. The largest absolute Gasteiger partial charge is 0.480 e. The highest BCUT2D eigenvalue weighted by Crippen LogP contribution is 2.10. The molecule has 0 aliphatic rings. The van der Waals surface area contributed by atoms with Crippen LogP contribution in [-0.4, -0.2) is 132 Å². The van der Waals surface area contributed by atoms with Gasteiger partial charge in [-0.3, -0.25) is 24.0 Å². The van der Waals surface area contributed by atoms with E-state index in [4.69, 9.17) is 18.9 Å². The Hall–Kier alpha value is -3.30. The first-order valence-corrected chi connectivity index (χ1v) is 18.3. The van der Waals surface area contributed by atoms with Gasteiger partial charge in [-0.05, 0) is 85.9 Å². The summed E-state index contributed by atoms with van der Waals surface area (Å²) in [5, 5.41) is 22.5. The number of carbonyl (C=O) groups is 6. The zero-order chi connectivity index (χ0) is 38.4. The number of ether oxygens (including phenoxy) is 4. The van der Waals surface area contributed by atoms with Gasteiger partial charge in [-0.15, -0.1) is 0 Å². The van der Waals surface area contributed by atoms with Crippen LogP contribution in [0.1, 0.15) is 50.5 Å². The molecule has 0 heterocycles. The molecular formula is C34H53FIN5O11. The maximum absolute atomic E-state index is 12.7. The van der Waals surface area contributed by atoms with Crippen molar-refractivity contribution < 1.29 is 57.2 Å². The molecule has 2 atom stereocenters. The molecule has 1 aromatic carbocycles. The van der Waals surface area contributed by atoms with E-state index in [1.165, 1.54) is 7.05 Å². The monoisotopic (exact) mass is 853 g/mol. The Morgan fingerprint density at radius 2 is 1.23 bits per heavy atom. The number of rotatable bonds is 32. The van der Waals surface area contributed by atoms with Crippen molar-refractivity contribution in [3.63, 3.8) is 0 Å². The zero-order valence-corrected chi connectivity index (χ0v) is 31.8. The third kappa shape index (κ3) is 25.6. The highest BCUT2D eigenvalue weighted by Gasteiger charge is 2.21. The fourth-order valence-corrected chi connectivity index (χ4v) is 4.82. The molecule has 1 aromatic rings. The number of nitrogens with one attached hydrogen (secondary N) is 5. The van der Waals surface area contributed by atoms with Crippen molar-refractivity contribution in [3.05, 3.63) is 33.4 Å². The van der Waals surface area contributed by atoms with Gasteiger partial charge >= 0.3 is 12.0 Å². The van der Waals surface area contributed by atoms with E-state index < -0.39 is 24.1 Å². The fourth-order valence-electron chi connectivity index (χ4n) is 4.46. The summed E-state index contributed by atoms with van der Waals surface area (Å²) in [5.41, 5.74) is 1.10. The van der Waals surface area contributed by atoms with E-state index >= 15 is 0 Å². The molecule has 0 aliphatic heterocycles. The Morgan fingerprint density at radius 1 is 0.673 bits per heavy atom. The number of hydrogen-bond donors (Lipinski definition) is 6. The van der Waals surface area contributed by atoms with Crippen LogP contribution in [0.2, 0.25) is 0 Å². The number of halogens is 2. The average molecular weight is 854 g/mol. The number of aryl methyl sites for hydroxylation is 1. The third-order valence-electron chi connectivity index (χ3n) is 7.29. The number of carboxylic acids is 1. The summed E-state index contributed by atoms with van der Waals surface area (Å²) in [5.74, 6) is -2.57. The number of amides is 4. The van der Waals surface area contributed by atoms with Gasteiger partial charge in [0.1, 0.15) is 19.3 Å². The molecule has 0 saturated heterocycles. The molecule has 0 bridgehead atoms. The van der Waals surface area contributed by atoms with Crippen LogP contribution in [0.25, 0.3) is 0 Å². The summed E-state index contributed by atoms with van der Waals surface area (Å²) in [6.07, 6.45) is 2.89. The van der Waals surface area contributed by atoms with Crippen molar-refractivity contribution in [2.24, 2.45) is 0 Å². The quantitative estimate of drug-likeness (QED) is 0.0334. The van der Waals surface area contributed by atoms with Gasteiger partial charge in [0.2, 0.25) is 23.6 Å². The predicted molar refractivity (Wildman–Crippen MR) is 196 cm³/mol. The van der Waals surface area contributed by atoms with Crippen LogP contribution in [-0.2, 0) is 54.1 Å². The number of benzene rings is 1. The lowest BCUT2D eigenvalue weighted by atomic mass is 10.1. The lowest BCUT2D eigenvalue weighted by Crippen LogP contribution is -2.41. The van der Waals surface area contributed by atoms with E-state index in [1.54, 1.807) is 0 Å². The highest BCUT2D eigenvalue weighted by molar-refractivity contribution is 14.1. The molecule has 6 N–H and O–H groups in total. The maximum atomic E-state index is 12.7. The molecule has 0 spiro atoms. The lowest BCUT2D eigenvalue weighted by molar-refractivity contribution is -0.142. The number of carboxylic acid groups (broad SMARTS) is 1. The van der Waals surface area contributed by atoms with Gasteiger partial charge in [-0.1, -0.05) is 12.1 Å². The van der Waals surface area contributed by atoms with Crippen LogP contribution in [0.15, 0.2) is 24.3 Å². The standard InChI is InChI=1S/C34H53FIN5O11/c1-37-27(33(35)46)6-2-3-14-38-31(44)23-51-21-20-50-18-16-40-32(45)24-52-22-19-49-17-15-39-29(42)13-12-28(34(47)48)41-30(43)7-4-5-25-8-10-26(36)11-9-25/h8-11,27-28,37H,2-7,12-24H2,1H3,(H,38,44)(H,39,42)(H,40,45)(H,41,43)(H,47,48)/t27-,28?/m0/s1. The Balaban J connectivity index is 1.94. The van der Waals surface area contributed by atoms with Gasteiger partial charge in [-0.25, -0.2) is 4.79 Å². The Bertz CT molecular complexity index is 1210. The van der Waals surface area contributed by atoms with E-state index in [-0.39, 0.29) is 109 Å². The molecule has 0 aliphatic carbocycles. The van der Waals surface area contributed by atoms with Crippen LogP contribution < -0.4 is 26.6 Å². The summed E-state index contributed by atoms with van der Waals surface area (Å²) < 4.78 is 35.0. The molecular weight excluding hydrogens is 800 g/mol. The molecule has 18 heteroatoms. The molecule has 16 nitrogen and oxygen atoms in total. The first-order chi connectivity index (χ1) is 25.0. The Morgan fingerprint density at radius 3 is 1.79 bits per heavy atom. The summed E-state index contributed by atoms with van der Waals surface area (Å²) in [6.45, 7) is 1.76. The van der Waals surface area contributed by atoms with Crippen molar-refractivity contribution >= 4 is 58.2 Å². The lowest BCUT2D eigenvalue weighted by Gasteiger charge is -2.14. The zero-order valence-electron chi connectivity index (χ0n) is 29.7. The SMILES string of the molecule is CN[C@@H](CCCCNC(=O)COCCOCCNC(=O)COCCOCCNC(=O)CCC(NC(=O)CCCc1ccc(I)cc1)C(=O)O)C(=O)F. The number of hydrogen-bond acceptors (Lipinski definition) is 11. The van der Waals surface area contributed by atoms with Gasteiger partial charge in [0.15, 0.2) is 0 Å². The summed E-state index contributed by atoms with van der Waals surface area (Å²) in [6, 6.07) is 4.59. The second kappa shape index (κ2) is 30.2. The molecule has 0 radical (unpaired) electrons. The van der Waals surface area contributed by atoms with Gasteiger partial charge in [0.05, 0.1) is 45.7 Å². The average Bonchev–Trinajstić information content (AvgIpc) is 3.10. The van der Waals surface area contributed by atoms with Gasteiger partial charge in [0, 0.05) is 36.0 Å². The summed E-state index contributed by atoms with van der Waals surface area (Å²) in [4.78, 5) is 70.2.